The Morgan fingerprint density at radius 3 is 3.00 bits per heavy atom. The minimum atomic E-state index is 0.252. The van der Waals surface area contributed by atoms with Crippen molar-refractivity contribution < 1.29 is 4.74 Å². The maximum Gasteiger partial charge on any atom is 0.157 e. The summed E-state index contributed by atoms with van der Waals surface area (Å²) < 4.78 is 5.83. The number of thioether (sulfide) groups is 1. The van der Waals surface area contributed by atoms with Gasteiger partial charge in [0.2, 0.25) is 0 Å². The second-order valence-electron chi connectivity index (χ2n) is 5.44. The van der Waals surface area contributed by atoms with Crippen molar-refractivity contribution in [3.8, 4) is 0 Å². The molecule has 16 heavy (non-hydrogen) atoms. The van der Waals surface area contributed by atoms with Crippen molar-refractivity contribution in [2.45, 2.75) is 63.3 Å². The molecule has 0 aromatic heterocycles. The number of rotatable bonds is 2. The van der Waals surface area contributed by atoms with Gasteiger partial charge in [0.05, 0.1) is 18.2 Å². The molecule has 90 valence electrons. The average Bonchev–Trinajstić information content (AvgIpc) is 2.95. The Morgan fingerprint density at radius 2 is 2.44 bits per heavy atom. The summed E-state index contributed by atoms with van der Waals surface area (Å²) in [5.41, 5.74) is 0.252. The second kappa shape index (κ2) is 3.91. The predicted molar refractivity (Wildman–Crippen MR) is 68.0 cm³/mol. The van der Waals surface area contributed by atoms with Gasteiger partial charge in [-0.15, -0.1) is 0 Å². The highest BCUT2D eigenvalue weighted by Crippen LogP contribution is 2.37. The molecule has 4 unspecified atom stereocenters. The van der Waals surface area contributed by atoms with E-state index in [4.69, 9.17) is 9.73 Å². The Morgan fingerprint density at radius 1 is 1.56 bits per heavy atom. The topological polar surface area (TPSA) is 33.6 Å². The number of hydrogen-bond donors (Lipinski definition) is 1. The highest BCUT2D eigenvalue weighted by atomic mass is 32.2. The quantitative estimate of drug-likeness (QED) is 0.803. The van der Waals surface area contributed by atoms with Crippen LogP contribution in [0.1, 0.15) is 39.5 Å². The first kappa shape index (κ1) is 10.9. The van der Waals surface area contributed by atoms with E-state index < -0.39 is 0 Å². The van der Waals surface area contributed by atoms with Crippen molar-refractivity contribution >= 4 is 16.9 Å². The first-order valence-corrected chi connectivity index (χ1v) is 7.31. The SMILES string of the molecule is CCC1(C)CSC(=NC2CC3CCC2O3)N1. The third-order valence-corrected chi connectivity index (χ3v) is 5.34. The van der Waals surface area contributed by atoms with E-state index in [1.807, 2.05) is 11.8 Å². The highest BCUT2D eigenvalue weighted by molar-refractivity contribution is 8.14. The number of aliphatic imine (C=N–C) groups is 1. The largest absolute Gasteiger partial charge is 0.373 e. The Kier molecular flexibility index (Phi) is 2.67. The van der Waals surface area contributed by atoms with Crippen LogP contribution in [0, 0.1) is 0 Å². The van der Waals surface area contributed by atoms with E-state index in [0.29, 0.717) is 18.2 Å². The molecular formula is C12H20N2OS. The van der Waals surface area contributed by atoms with Crippen LogP contribution in [0.25, 0.3) is 0 Å². The summed E-state index contributed by atoms with van der Waals surface area (Å²) in [6.07, 6.45) is 5.67. The zero-order chi connectivity index (χ0) is 11.2. The van der Waals surface area contributed by atoms with Crippen LogP contribution in [0.15, 0.2) is 4.99 Å². The molecule has 0 amide bonds. The molecule has 4 atom stereocenters. The van der Waals surface area contributed by atoms with Gasteiger partial charge in [-0.25, -0.2) is 0 Å². The molecule has 0 saturated carbocycles. The monoisotopic (exact) mass is 240 g/mol. The minimum absolute atomic E-state index is 0.252. The summed E-state index contributed by atoms with van der Waals surface area (Å²) in [7, 11) is 0. The molecule has 0 aromatic rings. The van der Waals surface area contributed by atoms with Crippen LogP contribution < -0.4 is 5.32 Å². The van der Waals surface area contributed by atoms with Crippen molar-refractivity contribution in [3.05, 3.63) is 0 Å². The number of fused-ring (bicyclic) bond motifs is 2. The molecule has 4 heteroatoms. The number of amidine groups is 1. The Balaban J connectivity index is 1.66. The lowest BCUT2D eigenvalue weighted by Crippen LogP contribution is -2.40. The summed E-state index contributed by atoms with van der Waals surface area (Å²) in [5, 5.41) is 4.70. The van der Waals surface area contributed by atoms with Crippen LogP contribution in [0.5, 0.6) is 0 Å². The number of hydrogen-bond acceptors (Lipinski definition) is 3. The molecule has 3 saturated heterocycles. The zero-order valence-electron chi connectivity index (χ0n) is 10.0. The summed E-state index contributed by atoms with van der Waals surface area (Å²) in [5.74, 6) is 1.14. The van der Waals surface area contributed by atoms with Gasteiger partial charge in [0.15, 0.2) is 5.17 Å². The maximum absolute atomic E-state index is 5.83. The van der Waals surface area contributed by atoms with Gasteiger partial charge >= 0.3 is 0 Å². The summed E-state index contributed by atoms with van der Waals surface area (Å²) in [6.45, 7) is 4.51. The van der Waals surface area contributed by atoms with Crippen molar-refractivity contribution in [3.63, 3.8) is 0 Å². The number of nitrogens with one attached hydrogen (secondary N) is 1. The lowest BCUT2D eigenvalue weighted by molar-refractivity contribution is 0.101. The first-order valence-electron chi connectivity index (χ1n) is 6.33. The molecule has 3 aliphatic rings. The van der Waals surface area contributed by atoms with Crippen LogP contribution in [0.4, 0.5) is 0 Å². The summed E-state index contributed by atoms with van der Waals surface area (Å²) >= 11 is 1.87. The third-order valence-electron chi connectivity index (χ3n) is 4.07. The van der Waals surface area contributed by atoms with Crippen LogP contribution >= 0.6 is 11.8 Å². The van der Waals surface area contributed by atoms with Crippen LogP contribution in [0.3, 0.4) is 0 Å². The molecule has 3 aliphatic heterocycles. The molecule has 3 nitrogen and oxygen atoms in total. The predicted octanol–water partition coefficient (Wildman–Crippen LogP) is 2.17. The fourth-order valence-electron chi connectivity index (χ4n) is 2.72. The van der Waals surface area contributed by atoms with Gasteiger partial charge in [-0.1, -0.05) is 18.7 Å². The highest BCUT2D eigenvalue weighted by Gasteiger charge is 2.41. The van der Waals surface area contributed by atoms with E-state index in [9.17, 15) is 0 Å². The van der Waals surface area contributed by atoms with Gasteiger partial charge in [-0.2, -0.15) is 0 Å². The normalized spacial score (nSPS) is 48.9. The van der Waals surface area contributed by atoms with Crippen molar-refractivity contribution in [2.75, 3.05) is 5.75 Å². The molecule has 1 N–H and O–H groups in total. The molecule has 0 radical (unpaired) electrons. The molecular weight excluding hydrogens is 220 g/mol. The standard InChI is InChI=1S/C12H20N2OS/c1-3-12(2)7-16-11(14-12)13-9-6-8-4-5-10(9)15-8/h8-10H,3-7H2,1-2H3,(H,13,14). The molecule has 0 aliphatic carbocycles. The fraction of sp³-hybridized carbons (Fsp3) is 0.917. The fourth-order valence-corrected chi connectivity index (χ4v) is 3.98. The van der Waals surface area contributed by atoms with E-state index in [1.165, 1.54) is 12.8 Å². The number of ether oxygens (including phenoxy) is 1. The van der Waals surface area contributed by atoms with E-state index >= 15 is 0 Å². The molecule has 0 aromatic carbocycles. The van der Waals surface area contributed by atoms with E-state index in [-0.39, 0.29) is 5.54 Å². The Bertz CT molecular complexity index is 320. The van der Waals surface area contributed by atoms with Crippen LogP contribution in [0.2, 0.25) is 0 Å². The Hall–Kier alpha value is -0.220. The summed E-state index contributed by atoms with van der Waals surface area (Å²) in [4.78, 5) is 4.84. The lowest BCUT2D eigenvalue weighted by Gasteiger charge is -2.21. The van der Waals surface area contributed by atoms with Crippen LogP contribution in [-0.4, -0.2) is 34.7 Å². The van der Waals surface area contributed by atoms with Gasteiger partial charge in [-0.05, 0) is 32.6 Å². The van der Waals surface area contributed by atoms with Gasteiger partial charge < -0.3 is 10.1 Å². The lowest BCUT2D eigenvalue weighted by atomic mass is 9.96. The average molecular weight is 240 g/mol. The smallest absolute Gasteiger partial charge is 0.157 e. The summed E-state index contributed by atoms with van der Waals surface area (Å²) in [6, 6.07) is 0.424. The third kappa shape index (κ3) is 1.86. The second-order valence-corrected chi connectivity index (χ2v) is 6.40. The van der Waals surface area contributed by atoms with Crippen molar-refractivity contribution in [2.24, 2.45) is 4.99 Å². The zero-order valence-corrected chi connectivity index (χ0v) is 10.8. The van der Waals surface area contributed by atoms with Crippen molar-refractivity contribution in [1.29, 1.82) is 0 Å². The molecule has 2 bridgehead atoms. The van der Waals surface area contributed by atoms with E-state index in [1.54, 1.807) is 0 Å². The van der Waals surface area contributed by atoms with Gasteiger partial charge in [0, 0.05) is 11.3 Å². The number of nitrogens with zero attached hydrogens (tertiary/aromatic N) is 1. The van der Waals surface area contributed by atoms with E-state index in [0.717, 1.165) is 23.8 Å². The molecule has 0 spiro atoms. The van der Waals surface area contributed by atoms with Gasteiger partial charge in [0.25, 0.3) is 0 Å². The Labute approximate surface area is 101 Å². The first-order chi connectivity index (χ1) is 7.68. The van der Waals surface area contributed by atoms with Crippen molar-refractivity contribution in [1.82, 2.24) is 5.32 Å². The van der Waals surface area contributed by atoms with Gasteiger partial charge in [0.1, 0.15) is 0 Å². The van der Waals surface area contributed by atoms with Crippen LogP contribution in [-0.2, 0) is 4.74 Å². The molecule has 3 rings (SSSR count). The molecule has 3 heterocycles. The maximum atomic E-state index is 5.83. The van der Waals surface area contributed by atoms with Gasteiger partial charge in [-0.3, -0.25) is 4.99 Å². The van der Waals surface area contributed by atoms with E-state index in [2.05, 4.69) is 19.2 Å². The minimum Gasteiger partial charge on any atom is -0.373 e. The molecule has 3 fully saturated rings.